The van der Waals surface area contributed by atoms with Crippen LogP contribution in [0, 0.1) is 17.1 Å². The Balaban J connectivity index is 0.00000264. The predicted molar refractivity (Wildman–Crippen MR) is 100 cm³/mol. The molecule has 120 valence electrons. The topological polar surface area (TPSA) is 60.2 Å². The molecule has 2 N–H and O–H groups in total. The molecule has 0 radical (unpaired) electrons. The zero-order chi connectivity index (χ0) is 15.8. The van der Waals surface area contributed by atoms with Gasteiger partial charge in [-0.25, -0.2) is 4.39 Å². The largest absolute Gasteiger partial charge is 0.352 e. The fourth-order valence-corrected chi connectivity index (χ4v) is 1.92. The van der Waals surface area contributed by atoms with Crippen molar-refractivity contribution < 1.29 is 4.39 Å². The number of hydrogen-bond donors (Lipinski definition) is 2. The van der Waals surface area contributed by atoms with Crippen LogP contribution in [0.5, 0.6) is 0 Å². The molecule has 0 amide bonds. The molecule has 0 spiro atoms. The van der Waals surface area contributed by atoms with E-state index in [2.05, 4.69) is 21.7 Å². The number of nitrogens with one attached hydrogen (secondary N) is 2. The van der Waals surface area contributed by atoms with E-state index in [1.165, 1.54) is 6.07 Å². The summed E-state index contributed by atoms with van der Waals surface area (Å²) in [5, 5.41) is 15.0. The summed E-state index contributed by atoms with van der Waals surface area (Å²) in [6, 6.07) is 16.0. The quantitative estimate of drug-likeness (QED) is 0.451. The van der Waals surface area contributed by atoms with E-state index in [1.54, 1.807) is 37.4 Å². The van der Waals surface area contributed by atoms with Crippen LogP contribution in [0.1, 0.15) is 16.7 Å². The highest BCUT2D eigenvalue weighted by atomic mass is 127. The highest BCUT2D eigenvalue weighted by Crippen LogP contribution is 2.05. The molecular weight excluding hydrogens is 406 g/mol. The van der Waals surface area contributed by atoms with E-state index >= 15 is 0 Å². The molecule has 0 heterocycles. The van der Waals surface area contributed by atoms with Crippen molar-refractivity contribution in [1.29, 1.82) is 5.26 Å². The zero-order valence-electron chi connectivity index (χ0n) is 12.7. The van der Waals surface area contributed by atoms with Crippen molar-refractivity contribution in [2.45, 2.75) is 13.1 Å². The molecule has 0 saturated carbocycles. The maximum absolute atomic E-state index is 13.5. The van der Waals surface area contributed by atoms with Crippen molar-refractivity contribution in [3.05, 3.63) is 71.0 Å². The zero-order valence-corrected chi connectivity index (χ0v) is 15.0. The Hall–Kier alpha value is -2.14. The van der Waals surface area contributed by atoms with Gasteiger partial charge < -0.3 is 10.6 Å². The maximum atomic E-state index is 13.5. The number of guanidine groups is 1. The predicted octanol–water partition coefficient (Wildman–Crippen LogP) is 3.18. The van der Waals surface area contributed by atoms with Crippen molar-refractivity contribution in [2.75, 3.05) is 7.05 Å². The third-order valence-corrected chi connectivity index (χ3v) is 3.17. The molecule has 6 heteroatoms. The summed E-state index contributed by atoms with van der Waals surface area (Å²) in [5.74, 6) is 0.352. The number of halogens is 2. The van der Waals surface area contributed by atoms with Crippen LogP contribution in [0.25, 0.3) is 0 Å². The molecule has 2 rings (SSSR count). The Morgan fingerprint density at radius 3 is 2.35 bits per heavy atom. The van der Waals surface area contributed by atoms with Crippen LogP contribution in [0.4, 0.5) is 4.39 Å². The summed E-state index contributed by atoms with van der Waals surface area (Å²) in [4.78, 5) is 4.10. The summed E-state index contributed by atoms with van der Waals surface area (Å²) in [5.41, 5.74) is 2.25. The average Bonchev–Trinajstić information content (AvgIpc) is 2.57. The molecule has 0 fully saturated rings. The van der Waals surface area contributed by atoms with Crippen LogP contribution in [0.15, 0.2) is 53.5 Å². The van der Waals surface area contributed by atoms with E-state index in [9.17, 15) is 4.39 Å². The average molecular weight is 424 g/mol. The van der Waals surface area contributed by atoms with Gasteiger partial charge in [-0.05, 0) is 23.8 Å². The lowest BCUT2D eigenvalue weighted by atomic mass is 10.1. The molecule has 0 bridgehead atoms. The fourth-order valence-electron chi connectivity index (χ4n) is 1.92. The smallest absolute Gasteiger partial charge is 0.191 e. The van der Waals surface area contributed by atoms with E-state index in [-0.39, 0.29) is 29.8 Å². The minimum absolute atomic E-state index is 0. The fraction of sp³-hybridized carbons (Fsp3) is 0.176. The SMILES string of the molecule is CN=C(NCc1ccc(C#N)cc1)NCc1ccccc1F.I. The van der Waals surface area contributed by atoms with Crippen molar-refractivity contribution in [3.8, 4) is 6.07 Å². The number of nitriles is 1. The second kappa shape index (κ2) is 9.79. The molecule has 4 nitrogen and oxygen atoms in total. The van der Waals surface area contributed by atoms with Crippen LogP contribution < -0.4 is 10.6 Å². The molecule has 0 atom stereocenters. The third kappa shape index (κ3) is 5.87. The lowest BCUT2D eigenvalue weighted by molar-refractivity contribution is 0.604. The highest BCUT2D eigenvalue weighted by Gasteiger charge is 2.02. The second-order valence-electron chi connectivity index (χ2n) is 4.68. The molecule has 0 unspecified atom stereocenters. The van der Waals surface area contributed by atoms with Gasteiger partial charge in [-0.2, -0.15) is 5.26 Å². The van der Waals surface area contributed by atoms with E-state index in [0.29, 0.717) is 30.2 Å². The van der Waals surface area contributed by atoms with E-state index in [0.717, 1.165) is 5.56 Å². The number of hydrogen-bond acceptors (Lipinski definition) is 2. The molecule has 23 heavy (non-hydrogen) atoms. The standard InChI is InChI=1S/C17H17FN4.HI/c1-20-17(22-12-15-4-2-3-5-16(15)18)21-11-14-8-6-13(10-19)7-9-14;/h2-9H,11-12H2,1H3,(H2,20,21,22);1H. The number of nitrogens with zero attached hydrogens (tertiary/aromatic N) is 2. The summed E-state index contributed by atoms with van der Waals surface area (Å²) in [7, 11) is 1.66. The summed E-state index contributed by atoms with van der Waals surface area (Å²) in [6.07, 6.45) is 0. The van der Waals surface area contributed by atoms with Crippen LogP contribution in [0.3, 0.4) is 0 Å². The summed E-state index contributed by atoms with van der Waals surface area (Å²) >= 11 is 0. The Labute approximate surface area is 152 Å². The Bertz CT molecular complexity index is 692. The maximum Gasteiger partial charge on any atom is 0.191 e. The van der Waals surface area contributed by atoms with Gasteiger partial charge in [-0.3, -0.25) is 4.99 Å². The minimum atomic E-state index is -0.238. The van der Waals surface area contributed by atoms with Gasteiger partial charge in [0.2, 0.25) is 0 Å². The first kappa shape index (κ1) is 18.9. The van der Waals surface area contributed by atoms with E-state index in [1.807, 2.05) is 12.1 Å². The Morgan fingerprint density at radius 2 is 1.74 bits per heavy atom. The van der Waals surface area contributed by atoms with Gasteiger partial charge in [0.1, 0.15) is 5.82 Å². The van der Waals surface area contributed by atoms with Crippen LogP contribution in [-0.2, 0) is 13.1 Å². The van der Waals surface area contributed by atoms with Gasteiger partial charge >= 0.3 is 0 Å². The van der Waals surface area contributed by atoms with Gasteiger partial charge in [-0.1, -0.05) is 30.3 Å². The van der Waals surface area contributed by atoms with Crippen LogP contribution >= 0.6 is 24.0 Å². The van der Waals surface area contributed by atoms with Crippen molar-refractivity contribution in [3.63, 3.8) is 0 Å². The van der Waals surface area contributed by atoms with Crippen LogP contribution in [0.2, 0.25) is 0 Å². The normalized spacial score (nSPS) is 10.4. The molecule has 0 aromatic heterocycles. The molecule has 2 aromatic carbocycles. The van der Waals surface area contributed by atoms with Gasteiger partial charge in [-0.15, -0.1) is 24.0 Å². The first-order valence-electron chi connectivity index (χ1n) is 6.90. The molecule has 0 aliphatic rings. The van der Waals surface area contributed by atoms with Gasteiger partial charge in [0.25, 0.3) is 0 Å². The van der Waals surface area contributed by atoms with Gasteiger partial charge in [0.15, 0.2) is 5.96 Å². The first-order valence-corrected chi connectivity index (χ1v) is 6.90. The minimum Gasteiger partial charge on any atom is -0.352 e. The third-order valence-electron chi connectivity index (χ3n) is 3.17. The Kier molecular flexibility index (Phi) is 8.05. The second-order valence-corrected chi connectivity index (χ2v) is 4.68. The van der Waals surface area contributed by atoms with Gasteiger partial charge in [0, 0.05) is 25.7 Å². The number of aliphatic imine (C=N–C) groups is 1. The first-order chi connectivity index (χ1) is 10.7. The van der Waals surface area contributed by atoms with Gasteiger partial charge in [0.05, 0.1) is 11.6 Å². The van der Waals surface area contributed by atoms with Crippen molar-refractivity contribution in [2.24, 2.45) is 4.99 Å². The van der Waals surface area contributed by atoms with Crippen molar-refractivity contribution in [1.82, 2.24) is 10.6 Å². The molecular formula is C17H18FIN4. The Morgan fingerprint density at radius 1 is 1.09 bits per heavy atom. The summed E-state index contributed by atoms with van der Waals surface area (Å²) in [6.45, 7) is 0.933. The van der Waals surface area contributed by atoms with E-state index in [4.69, 9.17) is 5.26 Å². The van der Waals surface area contributed by atoms with E-state index < -0.39 is 0 Å². The molecule has 0 aliphatic heterocycles. The molecule has 0 saturated heterocycles. The molecule has 2 aromatic rings. The summed E-state index contributed by atoms with van der Waals surface area (Å²) < 4.78 is 13.5. The number of benzene rings is 2. The molecule has 0 aliphatic carbocycles. The highest BCUT2D eigenvalue weighted by molar-refractivity contribution is 14.0. The van der Waals surface area contributed by atoms with Crippen LogP contribution in [-0.4, -0.2) is 13.0 Å². The monoisotopic (exact) mass is 424 g/mol. The lowest BCUT2D eigenvalue weighted by Crippen LogP contribution is -2.36. The number of rotatable bonds is 4. The lowest BCUT2D eigenvalue weighted by Gasteiger charge is -2.12. The van der Waals surface area contributed by atoms with Crippen molar-refractivity contribution >= 4 is 29.9 Å².